The average Bonchev–Trinajstić information content (AvgIpc) is 2.63. The molecule has 0 radical (unpaired) electrons. The van der Waals surface area contributed by atoms with Crippen LogP contribution in [0.15, 0.2) is 12.3 Å². The molecule has 1 unspecified atom stereocenters. The molecule has 0 fully saturated rings. The van der Waals surface area contributed by atoms with E-state index in [1.165, 1.54) is 30.5 Å². The van der Waals surface area contributed by atoms with Crippen LogP contribution in [0.3, 0.4) is 0 Å². The van der Waals surface area contributed by atoms with Gasteiger partial charge in [-0.05, 0) is 58.0 Å². The number of hydrogen-bond acceptors (Lipinski definition) is 2. The first-order valence-electron chi connectivity index (χ1n) is 6.26. The molecule has 1 heterocycles. The van der Waals surface area contributed by atoms with Gasteiger partial charge in [0.25, 0.3) is 0 Å². The number of rotatable bonds is 4. The second-order valence-corrected chi connectivity index (χ2v) is 5.07. The van der Waals surface area contributed by atoms with Gasteiger partial charge in [-0.3, -0.25) is 0 Å². The van der Waals surface area contributed by atoms with Gasteiger partial charge in [0.1, 0.15) is 0 Å². The zero-order valence-electron chi connectivity index (χ0n) is 10.4. The van der Waals surface area contributed by atoms with E-state index in [2.05, 4.69) is 35.8 Å². The molecule has 3 heteroatoms. The highest BCUT2D eigenvalue weighted by Crippen LogP contribution is 2.28. The van der Waals surface area contributed by atoms with Gasteiger partial charge in [0.15, 0.2) is 0 Å². The molecule has 0 spiro atoms. The minimum Gasteiger partial charge on any atom is -0.351 e. The van der Waals surface area contributed by atoms with E-state index in [1.807, 2.05) is 0 Å². The fourth-order valence-electron chi connectivity index (χ4n) is 2.56. The van der Waals surface area contributed by atoms with Crippen molar-refractivity contribution in [1.29, 1.82) is 0 Å². The smallest absolute Gasteiger partial charge is 0.0312 e. The molecule has 0 amide bonds. The molecule has 0 saturated carbocycles. The second kappa shape index (κ2) is 5.02. The summed E-state index contributed by atoms with van der Waals surface area (Å²) in [6.07, 6.45) is 7.02. The van der Waals surface area contributed by atoms with Gasteiger partial charge in [0.2, 0.25) is 0 Å². The predicted molar refractivity (Wildman–Crippen MR) is 67.5 cm³/mol. The molecule has 1 aromatic rings. The topological polar surface area (TPSA) is 34.2 Å². The summed E-state index contributed by atoms with van der Waals surface area (Å²) in [7, 11) is 4.25. The van der Waals surface area contributed by atoms with Crippen LogP contribution in [0.5, 0.6) is 0 Å². The largest absolute Gasteiger partial charge is 0.351 e. The third-order valence-electron chi connectivity index (χ3n) is 3.45. The summed E-state index contributed by atoms with van der Waals surface area (Å²) in [4.78, 5) is 2.24. The van der Waals surface area contributed by atoms with E-state index in [4.69, 9.17) is 5.73 Å². The number of fused-ring (bicyclic) bond motifs is 1. The minimum atomic E-state index is 0.277. The highest BCUT2D eigenvalue weighted by molar-refractivity contribution is 5.28. The summed E-state index contributed by atoms with van der Waals surface area (Å²) >= 11 is 0. The van der Waals surface area contributed by atoms with Crippen LogP contribution in [0.2, 0.25) is 0 Å². The molecule has 1 aliphatic carbocycles. The van der Waals surface area contributed by atoms with Crippen LogP contribution in [-0.4, -0.2) is 30.1 Å². The molecule has 16 heavy (non-hydrogen) atoms. The van der Waals surface area contributed by atoms with Crippen LogP contribution in [-0.2, 0) is 13.0 Å². The van der Waals surface area contributed by atoms with E-state index in [0.717, 1.165) is 19.5 Å². The highest BCUT2D eigenvalue weighted by Gasteiger charge is 2.19. The number of nitrogens with zero attached hydrogens (tertiary/aromatic N) is 2. The summed E-state index contributed by atoms with van der Waals surface area (Å²) in [6.45, 7) is 2.28. The third kappa shape index (κ3) is 2.47. The SMILES string of the molecule is CN(C)CCCn1ccc2c1CCCC2N. The van der Waals surface area contributed by atoms with Crippen LogP contribution in [0, 0.1) is 0 Å². The van der Waals surface area contributed by atoms with Gasteiger partial charge in [-0.2, -0.15) is 0 Å². The van der Waals surface area contributed by atoms with Gasteiger partial charge < -0.3 is 15.2 Å². The van der Waals surface area contributed by atoms with Crippen LogP contribution >= 0.6 is 0 Å². The monoisotopic (exact) mass is 221 g/mol. The maximum absolute atomic E-state index is 6.12. The average molecular weight is 221 g/mol. The van der Waals surface area contributed by atoms with Crippen LogP contribution in [0.25, 0.3) is 0 Å². The Morgan fingerprint density at radius 1 is 1.50 bits per heavy atom. The van der Waals surface area contributed by atoms with Gasteiger partial charge in [-0.15, -0.1) is 0 Å². The Labute approximate surface area is 98.2 Å². The van der Waals surface area contributed by atoms with E-state index in [9.17, 15) is 0 Å². The van der Waals surface area contributed by atoms with Crippen LogP contribution in [0.4, 0.5) is 0 Å². The summed E-state index contributed by atoms with van der Waals surface area (Å²) in [6, 6.07) is 2.49. The third-order valence-corrected chi connectivity index (χ3v) is 3.45. The minimum absolute atomic E-state index is 0.277. The van der Waals surface area contributed by atoms with Gasteiger partial charge in [0, 0.05) is 24.5 Å². The van der Waals surface area contributed by atoms with Crippen molar-refractivity contribution in [1.82, 2.24) is 9.47 Å². The van der Waals surface area contributed by atoms with E-state index < -0.39 is 0 Å². The lowest BCUT2D eigenvalue weighted by Crippen LogP contribution is -2.19. The molecular formula is C13H23N3. The summed E-state index contributed by atoms with van der Waals surface area (Å²) in [5.41, 5.74) is 8.98. The number of nitrogens with two attached hydrogens (primary N) is 1. The molecule has 90 valence electrons. The Hall–Kier alpha value is -0.800. The van der Waals surface area contributed by atoms with E-state index in [1.54, 1.807) is 0 Å². The quantitative estimate of drug-likeness (QED) is 0.841. The zero-order valence-corrected chi connectivity index (χ0v) is 10.4. The Morgan fingerprint density at radius 3 is 3.06 bits per heavy atom. The summed E-state index contributed by atoms with van der Waals surface area (Å²) in [5.74, 6) is 0. The molecule has 1 atom stereocenters. The predicted octanol–water partition coefficient (Wildman–Crippen LogP) is 1.78. The normalized spacial score (nSPS) is 20.1. The molecule has 0 aliphatic heterocycles. The molecule has 3 nitrogen and oxygen atoms in total. The first-order chi connectivity index (χ1) is 7.68. The molecule has 1 aromatic heterocycles. The molecule has 0 saturated heterocycles. The van der Waals surface area contributed by atoms with Crippen molar-refractivity contribution in [2.45, 2.75) is 38.3 Å². The lowest BCUT2D eigenvalue weighted by molar-refractivity contribution is 0.384. The summed E-state index contributed by atoms with van der Waals surface area (Å²) < 4.78 is 2.40. The molecule has 0 aromatic carbocycles. The standard InChI is InChI=1S/C13H23N3/c1-15(2)8-4-9-16-10-7-11-12(14)5-3-6-13(11)16/h7,10,12H,3-6,8-9,14H2,1-2H3. The number of aromatic nitrogens is 1. The molecule has 2 rings (SSSR count). The maximum Gasteiger partial charge on any atom is 0.0312 e. The van der Waals surface area contributed by atoms with E-state index in [0.29, 0.717) is 0 Å². The second-order valence-electron chi connectivity index (χ2n) is 5.07. The van der Waals surface area contributed by atoms with Gasteiger partial charge >= 0.3 is 0 Å². The first kappa shape index (κ1) is 11.7. The van der Waals surface area contributed by atoms with Crippen molar-refractivity contribution in [3.05, 3.63) is 23.5 Å². The van der Waals surface area contributed by atoms with Crippen molar-refractivity contribution < 1.29 is 0 Å². The Kier molecular flexibility index (Phi) is 3.66. The zero-order chi connectivity index (χ0) is 11.5. The fourth-order valence-corrected chi connectivity index (χ4v) is 2.56. The van der Waals surface area contributed by atoms with Crippen molar-refractivity contribution >= 4 is 0 Å². The van der Waals surface area contributed by atoms with Gasteiger partial charge in [-0.1, -0.05) is 0 Å². The van der Waals surface area contributed by atoms with Gasteiger partial charge in [-0.25, -0.2) is 0 Å². The van der Waals surface area contributed by atoms with Crippen molar-refractivity contribution in [3.63, 3.8) is 0 Å². The molecule has 0 bridgehead atoms. The van der Waals surface area contributed by atoms with E-state index >= 15 is 0 Å². The van der Waals surface area contributed by atoms with Gasteiger partial charge in [0.05, 0.1) is 0 Å². The van der Waals surface area contributed by atoms with Crippen molar-refractivity contribution in [3.8, 4) is 0 Å². The Morgan fingerprint density at radius 2 is 2.31 bits per heavy atom. The van der Waals surface area contributed by atoms with Crippen LogP contribution in [0.1, 0.15) is 36.6 Å². The Balaban J connectivity index is 2.00. The summed E-state index contributed by atoms with van der Waals surface area (Å²) in [5, 5.41) is 0. The lowest BCUT2D eigenvalue weighted by Gasteiger charge is -2.21. The molecule has 1 aliphatic rings. The Bertz CT molecular complexity index is 341. The number of hydrogen-bond donors (Lipinski definition) is 1. The maximum atomic E-state index is 6.12. The highest BCUT2D eigenvalue weighted by atomic mass is 15.1. The van der Waals surface area contributed by atoms with Crippen molar-refractivity contribution in [2.24, 2.45) is 5.73 Å². The van der Waals surface area contributed by atoms with Crippen LogP contribution < -0.4 is 5.73 Å². The molecular weight excluding hydrogens is 198 g/mol. The first-order valence-corrected chi connectivity index (χ1v) is 6.26. The molecule has 2 N–H and O–H groups in total. The van der Waals surface area contributed by atoms with E-state index in [-0.39, 0.29) is 6.04 Å². The van der Waals surface area contributed by atoms with Crippen molar-refractivity contribution in [2.75, 3.05) is 20.6 Å². The lowest BCUT2D eigenvalue weighted by atomic mass is 9.94. The number of aryl methyl sites for hydroxylation is 1. The fraction of sp³-hybridized carbons (Fsp3) is 0.692.